The molecule has 0 spiro atoms. The Hall–Kier alpha value is -2.24. The molecule has 122 valence electrons. The second kappa shape index (κ2) is 6.89. The summed E-state index contributed by atoms with van der Waals surface area (Å²) in [6.45, 7) is 5.64. The van der Waals surface area contributed by atoms with Crippen LogP contribution in [0.1, 0.15) is 48.8 Å². The Balaban J connectivity index is 1.56. The fourth-order valence-electron chi connectivity index (χ4n) is 3.28. The van der Waals surface area contributed by atoms with Crippen LogP contribution >= 0.6 is 0 Å². The summed E-state index contributed by atoms with van der Waals surface area (Å²) in [5, 5.41) is 4.44. The Morgan fingerprint density at radius 1 is 1.35 bits per heavy atom. The quantitative estimate of drug-likeness (QED) is 0.850. The molecule has 6 heteroatoms. The second-order valence-corrected chi connectivity index (χ2v) is 6.13. The molecule has 0 unspecified atom stereocenters. The minimum atomic E-state index is 0.0879. The summed E-state index contributed by atoms with van der Waals surface area (Å²) in [5.41, 5.74) is 3.07. The van der Waals surface area contributed by atoms with Crippen molar-refractivity contribution < 1.29 is 4.79 Å². The number of rotatable bonds is 5. The molecule has 1 aliphatic heterocycles. The number of nitrogens with zero attached hydrogens (tertiary/aromatic N) is 5. The second-order valence-electron chi connectivity index (χ2n) is 6.13. The highest BCUT2D eigenvalue weighted by molar-refractivity contribution is 5.76. The van der Waals surface area contributed by atoms with Crippen LogP contribution in [0.25, 0.3) is 0 Å². The first-order valence-electron chi connectivity index (χ1n) is 8.21. The van der Waals surface area contributed by atoms with Gasteiger partial charge in [0.2, 0.25) is 5.91 Å². The molecule has 23 heavy (non-hydrogen) atoms. The third-order valence-electron chi connectivity index (χ3n) is 4.36. The third kappa shape index (κ3) is 3.57. The fourth-order valence-corrected chi connectivity index (χ4v) is 3.28. The van der Waals surface area contributed by atoms with Crippen LogP contribution in [0.4, 0.5) is 0 Å². The normalized spacial score (nSPS) is 17.7. The lowest BCUT2D eigenvalue weighted by atomic mass is 10.1. The Bertz CT molecular complexity index is 667. The molecule has 0 radical (unpaired) electrons. The zero-order valence-electron chi connectivity index (χ0n) is 13.8. The molecule has 1 atom stereocenters. The molecule has 1 aliphatic rings. The van der Waals surface area contributed by atoms with Gasteiger partial charge in [-0.3, -0.25) is 19.4 Å². The fraction of sp³-hybridized carbons (Fsp3) is 0.529. The molecule has 0 aromatic carbocycles. The molecular formula is C17H23N5O. The largest absolute Gasteiger partial charge is 0.334 e. The Morgan fingerprint density at radius 3 is 2.91 bits per heavy atom. The van der Waals surface area contributed by atoms with E-state index in [0.717, 1.165) is 49.4 Å². The highest BCUT2D eigenvalue weighted by Crippen LogP contribution is 2.30. The third-order valence-corrected chi connectivity index (χ3v) is 4.36. The predicted molar refractivity (Wildman–Crippen MR) is 86.7 cm³/mol. The van der Waals surface area contributed by atoms with Crippen LogP contribution in [0.5, 0.6) is 0 Å². The van der Waals surface area contributed by atoms with Gasteiger partial charge in [0.15, 0.2) is 0 Å². The highest BCUT2D eigenvalue weighted by Gasteiger charge is 2.30. The summed E-state index contributed by atoms with van der Waals surface area (Å²) >= 11 is 0. The van der Waals surface area contributed by atoms with Gasteiger partial charge in [0.05, 0.1) is 23.6 Å². The maximum Gasteiger partial charge on any atom is 0.223 e. The van der Waals surface area contributed by atoms with E-state index in [4.69, 9.17) is 0 Å². The van der Waals surface area contributed by atoms with Crippen molar-refractivity contribution in [2.75, 3.05) is 6.54 Å². The number of carbonyl (C=O) groups excluding carboxylic acids is 1. The van der Waals surface area contributed by atoms with Crippen LogP contribution in [0.3, 0.4) is 0 Å². The molecule has 2 aromatic rings. The molecule has 1 amide bonds. The van der Waals surface area contributed by atoms with E-state index in [9.17, 15) is 4.79 Å². The molecule has 2 aromatic heterocycles. The van der Waals surface area contributed by atoms with Crippen molar-refractivity contribution in [2.45, 2.75) is 52.1 Å². The molecule has 1 saturated heterocycles. The summed E-state index contributed by atoms with van der Waals surface area (Å²) in [6.07, 6.45) is 8.50. The van der Waals surface area contributed by atoms with Gasteiger partial charge in [-0.1, -0.05) is 0 Å². The first-order valence-corrected chi connectivity index (χ1v) is 8.21. The number of amides is 1. The van der Waals surface area contributed by atoms with E-state index in [1.807, 2.05) is 23.4 Å². The number of aromatic nitrogens is 4. The van der Waals surface area contributed by atoms with Crippen molar-refractivity contribution in [1.29, 1.82) is 0 Å². The van der Waals surface area contributed by atoms with E-state index in [1.165, 1.54) is 0 Å². The van der Waals surface area contributed by atoms with Gasteiger partial charge in [0, 0.05) is 37.6 Å². The van der Waals surface area contributed by atoms with Crippen molar-refractivity contribution >= 4 is 5.91 Å². The molecule has 0 N–H and O–H groups in total. The average Bonchev–Trinajstić information content (AvgIpc) is 3.15. The minimum Gasteiger partial charge on any atom is -0.334 e. The number of hydrogen-bond acceptors (Lipinski definition) is 4. The van der Waals surface area contributed by atoms with Crippen molar-refractivity contribution in [3.63, 3.8) is 0 Å². The van der Waals surface area contributed by atoms with Crippen LogP contribution in [0.2, 0.25) is 0 Å². The molecule has 1 fully saturated rings. The van der Waals surface area contributed by atoms with Crippen LogP contribution in [0, 0.1) is 13.8 Å². The highest BCUT2D eigenvalue weighted by atomic mass is 16.2. The molecule has 0 bridgehead atoms. The smallest absolute Gasteiger partial charge is 0.223 e. The number of hydrogen-bond donors (Lipinski definition) is 0. The molecular weight excluding hydrogens is 290 g/mol. The number of likely N-dealkylation sites (tertiary alicyclic amines) is 1. The van der Waals surface area contributed by atoms with Crippen molar-refractivity contribution in [3.05, 3.63) is 41.7 Å². The number of carbonyl (C=O) groups is 1. The summed E-state index contributed by atoms with van der Waals surface area (Å²) < 4.78 is 1.98. The van der Waals surface area contributed by atoms with Crippen LogP contribution in [0.15, 0.2) is 24.7 Å². The van der Waals surface area contributed by atoms with E-state index in [0.29, 0.717) is 6.42 Å². The summed E-state index contributed by atoms with van der Waals surface area (Å²) in [6, 6.07) is 2.15. The van der Waals surface area contributed by atoms with E-state index >= 15 is 0 Å². The first-order chi connectivity index (χ1) is 11.1. The Labute approximate surface area is 136 Å². The minimum absolute atomic E-state index is 0.0879. The lowest BCUT2D eigenvalue weighted by molar-refractivity contribution is -0.132. The number of aryl methyl sites for hydroxylation is 3. The van der Waals surface area contributed by atoms with Gasteiger partial charge < -0.3 is 4.90 Å². The maximum atomic E-state index is 12.6. The molecule has 3 heterocycles. The topological polar surface area (TPSA) is 63.9 Å². The van der Waals surface area contributed by atoms with Gasteiger partial charge in [-0.05, 0) is 39.2 Å². The zero-order valence-corrected chi connectivity index (χ0v) is 13.8. The first kappa shape index (κ1) is 15.6. The zero-order chi connectivity index (χ0) is 16.2. The van der Waals surface area contributed by atoms with Crippen LogP contribution in [-0.2, 0) is 11.3 Å². The maximum absolute atomic E-state index is 12.6. The van der Waals surface area contributed by atoms with Crippen LogP contribution < -0.4 is 0 Å². The SMILES string of the molecule is Cc1cc(C)n(CCCC(=O)N2CCC[C@@H]2c2cnccn2)n1. The summed E-state index contributed by atoms with van der Waals surface area (Å²) in [5.74, 6) is 0.208. The van der Waals surface area contributed by atoms with Gasteiger partial charge in [-0.25, -0.2) is 0 Å². The Kier molecular flexibility index (Phi) is 4.69. The molecule has 3 rings (SSSR count). The lowest BCUT2D eigenvalue weighted by Crippen LogP contribution is -2.31. The van der Waals surface area contributed by atoms with Gasteiger partial charge in [-0.15, -0.1) is 0 Å². The van der Waals surface area contributed by atoms with Gasteiger partial charge in [0.1, 0.15) is 0 Å². The van der Waals surface area contributed by atoms with E-state index < -0.39 is 0 Å². The van der Waals surface area contributed by atoms with Crippen molar-refractivity contribution in [3.8, 4) is 0 Å². The average molecular weight is 313 g/mol. The van der Waals surface area contributed by atoms with E-state index in [1.54, 1.807) is 18.6 Å². The van der Waals surface area contributed by atoms with Gasteiger partial charge in [-0.2, -0.15) is 5.10 Å². The van der Waals surface area contributed by atoms with Crippen molar-refractivity contribution in [1.82, 2.24) is 24.6 Å². The summed E-state index contributed by atoms with van der Waals surface area (Å²) in [7, 11) is 0. The monoisotopic (exact) mass is 313 g/mol. The van der Waals surface area contributed by atoms with Crippen molar-refractivity contribution in [2.24, 2.45) is 0 Å². The summed E-state index contributed by atoms with van der Waals surface area (Å²) in [4.78, 5) is 23.0. The molecule has 0 saturated carbocycles. The van der Waals surface area contributed by atoms with Gasteiger partial charge in [0.25, 0.3) is 0 Å². The molecule has 6 nitrogen and oxygen atoms in total. The van der Waals surface area contributed by atoms with Crippen LogP contribution in [-0.4, -0.2) is 37.1 Å². The standard InChI is InChI=1S/C17H23N5O/c1-13-11-14(2)22(20-13)10-4-6-17(23)21-9-3-5-16(21)15-12-18-7-8-19-15/h7-8,11-12,16H,3-6,9-10H2,1-2H3/t16-/m1/s1. The predicted octanol–water partition coefficient (Wildman–Crippen LogP) is 2.43. The van der Waals surface area contributed by atoms with Gasteiger partial charge >= 0.3 is 0 Å². The Morgan fingerprint density at radius 2 is 2.22 bits per heavy atom. The lowest BCUT2D eigenvalue weighted by Gasteiger charge is -2.24. The molecule has 0 aliphatic carbocycles. The van der Waals surface area contributed by atoms with E-state index in [2.05, 4.69) is 21.1 Å². The van der Waals surface area contributed by atoms with E-state index in [-0.39, 0.29) is 11.9 Å².